The van der Waals surface area contributed by atoms with Gasteiger partial charge in [-0.05, 0) is 25.7 Å². The highest BCUT2D eigenvalue weighted by molar-refractivity contribution is 5.78. The summed E-state index contributed by atoms with van der Waals surface area (Å²) >= 11 is 0. The first-order valence-corrected chi connectivity index (χ1v) is 7.86. The van der Waals surface area contributed by atoms with Gasteiger partial charge in [-0.25, -0.2) is 0 Å². The molecule has 1 saturated heterocycles. The molecule has 116 valence electrons. The Kier molecular flexibility index (Phi) is 4.24. The number of amides is 1. The average molecular weight is 293 g/mol. The quantitative estimate of drug-likeness (QED) is 0.831. The van der Waals surface area contributed by atoms with Crippen LogP contribution in [0.15, 0.2) is 4.52 Å². The smallest absolute Gasteiger partial charge is 0.229 e. The molecule has 1 aliphatic carbocycles. The van der Waals surface area contributed by atoms with Gasteiger partial charge in [-0.1, -0.05) is 19.0 Å². The van der Waals surface area contributed by atoms with E-state index in [9.17, 15) is 4.79 Å². The van der Waals surface area contributed by atoms with Crippen LogP contribution in [-0.4, -0.2) is 40.1 Å². The van der Waals surface area contributed by atoms with Crippen LogP contribution in [-0.2, 0) is 16.1 Å². The highest BCUT2D eigenvalue weighted by atomic mass is 16.5. The molecule has 1 aromatic heterocycles. The molecule has 6 heteroatoms. The van der Waals surface area contributed by atoms with Crippen molar-refractivity contribution in [3.63, 3.8) is 0 Å². The summed E-state index contributed by atoms with van der Waals surface area (Å²) in [5.74, 6) is 2.08. The molecule has 1 amide bonds. The predicted octanol–water partition coefficient (Wildman–Crippen LogP) is 2.11. The Morgan fingerprint density at radius 1 is 1.43 bits per heavy atom. The fraction of sp³-hybridized carbons (Fsp3) is 0.800. The van der Waals surface area contributed by atoms with Crippen molar-refractivity contribution in [2.75, 3.05) is 13.1 Å². The van der Waals surface area contributed by atoms with Crippen molar-refractivity contribution in [3.05, 3.63) is 11.7 Å². The number of nitrogens with zero attached hydrogens (tertiary/aromatic N) is 3. The van der Waals surface area contributed by atoms with E-state index in [1.807, 2.05) is 18.7 Å². The lowest BCUT2D eigenvalue weighted by Crippen LogP contribution is -2.44. The molecular weight excluding hydrogens is 270 g/mol. The van der Waals surface area contributed by atoms with E-state index >= 15 is 0 Å². The molecule has 2 aliphatic rings. The molecule has 3 rings (SSSR count). The first-order valence-electron chi connectivity index (χ1n) is 7.86. The van der Waals surface area contributed by atoms with Crippen molar-refractivity contribution in [1.29, 1.82) is 0 Å². The first kappa shape index (κ1) is 14.5. The molecule has 0 spiro atoms. The highest BCUT2D eigenvalue weighted by Gasteiger charge is 2.30. The van der Waals surface area contributed by atoms with Gasteiger partial charge in [0.25, 0.3) is 0 Å². The molecule has 2 fully saturated rings. The number of carbonyl (C=O) groups excluding carboxylic acids is 1. The highest BCUT2D eigenvalue weighted by Crippen LogP contribution is 2.38. The van der Waals surface area contributed by atoms with Crippen LogP contribution in [0.1, 0.15) is 57.2 Å². The fourth-order valence-corrected chi connectivity index (χ4v) is 2.65. The molecular formula is C15H23N3O3. The monoisotopic (exact) mass is 293 g/mol. The maximum atomic E-state index is 12.0. The Balaban J connectivity index is 1.48. The van der Waals surface area contributed by atoms with E-state index in [1.165, 1.54) is 0 Å². The van der Waals surface area contributed by atoms with Crippen LogP contribution in [0.25, 0.3) is 0 Å². The molecule has 0 bridgehead atoms. The summed E-state index contributed by atoms with van der Waals surface area (Å²) in [5.41, 5.74) is 0. The molecule has 1 aromatic rings. The van der Waals surface area contributed by atoms with Gasteiger partial charge in [-0.15, -0.1) is 0 Å². The van der Waals surface area contributed by atoms with Crippen LogP contribution < -0.4 is 0 Å². The number of aromatic nitrogens is 2. The van der Waals surface area contributed by atoms with E-state index in [0.717, 1.165) is 38.1 Å². The zero-order valence-corrected chi connectivity index (χ0v) is 12.7. The number of rotatable bonds is 5. The van der Waals surface area contributed by atoms with Gasteiger partial charge in [-0.3, -0.25) is 4.79 Å². The minimum Gasteiger partial charge on any atom is -0.368 e. The van der Waals surface area contributed by atoms with Gasteiger partial charge >= 0.3 is 0 Å². The summed E-state index contributed by atoms with van der Waals surface area (Å²) in [7, 11) is 0. The van der Waals surface area contributed by atoms with Crippen LogP contribution in [0.2, 0.25) is 0 Å². The standard InChI is InChI=1S/C15H23N3O3/c1-10(2)15(19)18-7-3-4-12(8-18)20-9-13-16-14(21-17-13)11-5-6-11/h10-12H,3-9H2,1-2H3. The van der Waals surface area contributed by atoms with Crippen LogP contribution >= 0.6 is 0 Å². The van der Waals surface area contributed by atoms with Crippen molar-refractivity contribution in [3.8, 4) is 0 Å². The summed E-state index contributed by atoms with van der Waals surface area (Å²) in [6.45, 7) is 5.75. The van der Waals surface area contributed by atoms with Gasteiger partial charge < -0.3 is 14.2 Å². The fourth-order valence-electron chi connectivity index (χ4n) is 2.65. The Morgan fingerprint density at radius 3 is 2.95 bits per heavy atom. The second kappa shape index (κ2) is 6.13. The molecule has 1 unspecified atom stereocenters. The minimum absolute atomic E-state index is 0.0436. The van der Waals surface area contributed by atoms with Gasteiger partial charge in [-0.2, -0.15) is 4.98 Å². The largest absolute Gasteiger partial charge is 0.368 e. The van der Waals surface area contributed by atoms with E-state index < -0.39 is 0 Å². The first-order chi connectivity index (χ1) is 10.1. The normalized spacial score (nSPS) is 22.8. The Hall–Kier alpha value is -1.43. The molecule has 1 atom stereocenters. The van der Waals surface area contributed by atoms with Crippen LogP contribution in [0.3, 0.4) is 0 Å². The average Bonchev–Trinajstić information content (AvgIpc) is 3.23. The zero-order valence-electron chi connectivity index (χ0n) is 12.7. The molecule has 1 saturated carbocycles. The third-order valence-corrected chi connectivity index (χ3v) is 4.04. The van der Waals surface area contributed by atoms with Crippen LogP contribution in [0.4, 0.5) is 0 Å². The SMILES string of the molecule is CC(C)C(=O)N1CCCC(OCc2noc(C3CC3)n2)C1. The van der Waals surface area contributed by atoms with Crippen LogP contribution in [0, 0.1) is 5.92 Å². The molecule has 21 heavy (non-hydrogen) atoms. The number of hydrogen-bond acceptors (Lipinski definition) is 5. The number of likely N-dealkylation sites (tertiary alicyclic amines) is 1. The van der Waals surface area contributed by atoms with Gasteiger partial charge in [0.1, 0.15) is 6.61 Å². The third kappa shape index (κ3) is 3.61. The van der Waals surface area contributed by atoms with Crippen molar-refractivity contribution in [2.24, 2.45) is 5.92 Å². The lowest BCUT2D eigenvalue weighted by atomic mass is 10.1. The second-order valence-electron chi connectivity index (χ2n) is 6.34. The molecule has 2 heterocycles. The van der Waals surface area contributed by atoms with Crippen molar-refractivity contribution >= 4 is 5.91 Å². The van der Waals surface area contributed by atoms with Gasteiger partial charge in [0.05, 0.1) is 6.10 Å². The number of ether oxygens (including phenoxy) is 1. The van der Waals surface area contributed by atoms with Gasteiger partial charge in [0.15, 0.2) is 5.82 Å². The number of carbonyl (C=O) groups is 1. The molecule has 6 nitrogen and oxygen atoms in total. The molecule has 0 radical (unpaired) electrons. The summed E-state index contributed by atoms with van der Waals surface area (Å²) in [5, 5.41) is 3.95. The Bertz CT molecular complexity index is 496. The van der Waals surface area contributed by atoms with E-state index in [-0.39, 0.29) is 17.9 Å². The summed E-state index contributed by atoms with van der Waals surface area (Å²) in [6.07, 6.45) is 4.34. The van der Waals surface area contributed by atoms with E-state index in [2.05, 4.69) is 10.1 Å². The molecule has 0 N–H and O–H groups in total. The van der Waals surface area contributed by atoms with E-state index in [1.54, 1.807) is 0 Å². The lowest BCUT2D eigenvalue weighted by Gasteiger charge is -2.33. The Morgan fingerprint density at radius 2 is 2.24 bits per heavy atom. The topological polar surface area (TPSA) is 68.5 Å². The van der Waals surface area contributed by atoms with Gasteiger partial charge in [0, 0.05) is 24.9 Å². The molecule has 1 aliphatic heterocycles. The van der Waals surface area contributed by atoms with E-state index in [0.29, 0.717) is 24.9 Å². The summed E-state index contributed by atoms with van der Waals surface area (Å²) < 4.78 is 11.1. The van der Waals surface area contributed by atoms with E-state index in [4.69, 9.17) is 9.26 Å². The van der Waals surface area contributed by atoms with Crippen LogP contribution in [0.5, 0.6) is 0 Å². The van der Waals surface area contributed by atoms with Crippen molar-refractivity contribution < 1.29 is 14.1 Å². The lowest BCUT2D eigenvalue weighted by molar-refractivity contribution is -0.138. The number of piperidine rings is 1. The molecule has 0 aromatic carbocycles. The second-order valence-corrected chi connectivity index (χ2v) is 6.34. The van der Waals surface area contributed by atoms with Gasteiger partial charge in [0.2, 0.25) is 11.8 Å². The zero-order chi connectivity index (χ0) is 14.8. The maximum absolute atomic E-state index is 12.0. The minimum atomic E-state index is 0.0436. The predicted molar refractivity (Wildman–Crippen MR) is 75.5 cm³/mol. The summed E-state index contributed by atoms with van der Waals surface area (Å²) in [4.78, 5) is 18.3. The van der Waals surface area contributed by atoms with Crippen molar-refractivity contribution in [1.82, 2.24) is 15.0 Å². The Labute approximate surface area is 124 Å². The summed E-state index contributed by atoms with van der Waals surface area (Å²) in [6, 6.07) is 0. The number of hydrogen-bond donors (Lipinski definition) is 0. The van der Waals surface area contributed by atoms with Crippen molar-refractivity contribution in [2.45, 2.75) is 58.2 Å². The third-order valence-electron chi connectivity index (χ3n) is 4.04. The maximum Gasteiger partial charge on any atom is 0.229 e.